The largest absolute Gasteiger partial charge is 0.497 e. The lowest BCUT2D eigenvalue weighted by Gasteiger charge is -2.35. The monoisotopic (exact) mass is 420 g/mol. The molecule has 1 saturated heterocycles. The predicted octanol–water partition coefficient (Wildman–Crippen LogP) is 3.28. The van der Waals surface area contributed by atoms with E-state index in [2.05, 4.69) is 10.00 Å². The number of hydrogen-bond acceptors (Lipinski definition) is 5. The van der Waals surface area contributed by atoms with Gasteiger partial charge in [0.2, 0.25) is 10.0 Å². The lowest BCUT2D eigenvalue weighted by Crippen LogP contribution is -2.48. The Labute approximate surface area is 174 Å². The molecule has 1 aliphatic heterocycles. The molecule has 0 aliphatic carbocycles. The molecule has 1 aliphatic rings. The summed E-state index contributed by atoms with van der Waals surface area (Å²) in [4.78, 5) is 2.53. The number of hydrogen-bond donors (Lipinski definition) is 0. The average Bonchev–Trinajstić information content (AvgIpc) is 3.15. The maximum absolute atomic E-state index is 13.5. The number of piperazine rings is 1. The molecule has 0 saturated carbocycles. The van der Waals surface area contributed by atoms with Gasteiger partial charge in [0.25, 0.3) is 0 Å². The molecule has 2 heterocycles. The van der Waals surface area contributed by atoms with Gasteiger partial charge in [-0.15, -0.1) is 0 Å². The summed E-state index contributed by atoms with van der Waals surface area (Å²) in [6, 6.07) is 7.97. The SMILES string of the molecule is COc1ccc(N2CCN(S(=O)(=O)c3cn(C(C)C)nc3C(C)(C)C)CC2)cc1. The van der Waals surface area contributed by atoms with Gasteiger partial charge in [-0.05, 0) is 38.1 Å². The Balaban J connectivity index is 1.81. The second-order valence-corrected chi connectivity index (χ2v) is 10.7. The van der Waals surface area contributed by atoms with Gasteiger partial charge >= 0.3 is 0 Å². The number of nitrogens with zero attached hydrogens (tertiary/aromatic N) is 4. The highest BCUT2D eigenvalue weighted by molar-refractivity contribution is 7.89. The van der Waals surface area contributed by atoms with E-state index >= 15 is 0 Å². The summed E-state index contributed by atoms with van der Waals surface area (Å²) in [5.74, 6) is 0.812. The molecule has 0 N–H and O–H groups in total. The van der Waals surface area contributed by atoms with Crippen molar-refractivity contribution < 1.29 is 13.2 Å². The van der Waals surface area contributed by atoms with E-state index in [4.69, 9.17) is 4.74 Å². The van der Waals surface area contributed by atoms with Gasteiger partial charge in [0.1, 0.15) is 10.6 Å². The van der Waals surface area contributed by atoms with Gasteiger partial charge in [0.05, 0.1) is 12.8 Å². The van der Waals surface area contributed by atoms with Gasteiger partial charge in [-0.2, -0.15) is 9.40 Å². The van der Waals surface area contributed by atoms with Gasteiger partial charge in [0.15, 0.2) is 0 Å². The summed E-state index contributed by atoms with van der Waals surface area (Å²) in [7, 11) is -1.96. The van der Waals surface area contributed by atoms with Crippen LogP contribution in [-0.2, 0) is 15.4 Å². The topological polar surface area (TPSA) is 67.7 Å². The summed E-state index contributed by atoms with van der Waals surface area (Å²) in [5, 5.41) is 4.61. The summed E-state index contributed by atoms with van der Waals surface area (Å²) in [6.45, 7) is 12.2. The zero-order chi connectivity index (χ0) is 21.4. The van der Waals surface area contributed by atoms with Crippen LogP contribution in [0.2, 0.25) is 0 Å². The Morgan fingerprint density at radius 1 is 1.03 bits per heavy atom. The Bertz CT molecular complexity index is 935. The van der Waals surface area contributed by atoms with Crippen molar-refractivity contribution in [2.75, 3.05) is 38.2 Å². The predicted molar refractivity (Wildman–Crippen MR) is 115 cm³/mol. The van der Waals surface area contributed by atoms with Crippen LogP contribution in [0.4, 0.5) is 5.69 Å². The Kier molecular flexibility index (Phi) is 5.96. The lowest BCUT2D eigenvalue weighted by atomic mass is 9.92. The molecule has 1 fully saturated rings. The van der Waals surface area contributed by atoms with E-state index < -0.39 is 10.0 Å². The number of rotatable bonds is 5. The molecule has 3 rings (SSSR count). The Morgan fingerprint density at radius 3 is 2.10 bits per heavy atom. The lowest BCUT2D eigenvalue weighted by molar-refractivity contribution is 0.383. The highest BCUT2D eigenvalue weighted by atomic mass is 32.2. The van der Waals surface area contributed by atoms with E-state index in [1.165, 1.54) is 0 Å². The van der Waals surface area contributed by atoms with Gasteiger partial charge in [0, 0.05) is 49.5 Å². The van der Waals surface area contributed by atoms with Crippen molar-refractivity contribution in [1.82, 2.24) is 14.1 Å². The maximum Gasteiger partial charge on any atom is 0.246 e. The van der Waals surface area contributed by atoms with Crippen molar-refractivity contribution in [2.24, 2.45) is 0 Å². The van der Waals surface area contributed by atoms with Crippen molar-refractivity contribution in [3.63, 3.8) is 0 Å². The molecule has 0 bridgehead atoms. The number of aromatic nitrogens is 2. The summed E-state index contributed by atoms with van der Waals surface area (Å²) in [5.41, 5.74) is 1.35. The third-order valence-electron chi connectivity index (χ3n) is 5.23. The smallest absolute Gasteiger partial charge is 0.246 e. The minimum absolute atomic E-state index is 0.104. The van der Waals surface area contributed by atoms with E-state index in [0.29, 0.717) is 36.8 Å². The summed E-state index contributed by atoms with van der Waals surface area (Å²) in [6.07, 6.45) is 1.69. The molecule has 0 radical (unpaired) electrons. The van der Waals surface area contributed by atoms with Crippen LogP contribution < -0.4 is 9.64 Å². The minimum atomic E-state index is -3.60. The van der Waals surface area contributed by atoms with Crippen LogP contribution in [0.1, 0.15) is 46.4 Å². The number of anilines is 1. The fraction of sp³-hybridized carbons (Fsp3) is 0.571. The molecule has 1 aromatic carbocycles. The van der Waals surface area contributed by atoms with E-state index in [1.807, 2.05) is 58.9 Å². The standard InChI is InChI=1S/C21H32N4O3S/c1-16(2)25-15-19(20(22-25)21(3,4)5)29(26,27)24-13-11-23(12-14-24)17-7-9-18(28-6)10-8-17/h7-10,15-16H,11-14H2,1-6H3. The molecular weight excluding hydrogens is 388 g/mol. The zero-order valence-corrected chi connectivity index (χ0v) is 19.0. The molecule has 0 atom stereocenters. The molecular formula is C21H32N4O3S. The fourth-order valence-electron chi connectivity index (χ4n) is 3.47. The fourth-order valence-corrected chi connectivity index (χ4v) is 5.22. The van der Waals surface area contributed by atoms with Crippen LogP contribution in [0.15, 0.2) is 35.4 Å². The molecule has 8 heteroatoms. The highest BCUT2D eigenvalue weighted by Crippen LogP contribution is 2.31. The van der Waals surface area contributed by atoms with Crippen molar-refractivity contribution in [3.8, 4) is 5.75 Å². The first kappa shape index (κ1) is 21.6. The number of methoxy groups -OCH3 is 1. The maximum atomic E-state index is 13.5. The third-order valence-corrected chi connectivity index (χ3v) is 7.13. The average molecular weight is 421 g/mol. The molecule has 2 aromatic rings. The van der Waals surface area contributed by atoms with Crippen molar-refractivity contribution in [3.05, 3.63) is 36.2 Å². The number of benzene rings is 1. The van der Waals surface area contributed by atoms with Gasteiger partial charge < -0.3 is 9.64 Å². The van der Waals surface area contributed by atoms with E-state index in [-0.39, 0.29) is 11.5 Å². The normalized spacial score (nSPS) is 16.4. The zero-order valence-electron chi connectivity index (χ0n) is 18.2. The van der Waals surface area contributed by atoms with Gasteiger partial charge in [-0.1, -0.05) is 20.8 Å². The van der Waals surface area contributed by atoms with Crippen LogP contribution in [0.5, 0.6) is 5.75 Å². The first-order chi connectivity index (χ1) is 13.5. The van der Waals surface area contributed by atoms with E-state index in [1.54, 1.807) is 22.3 Å². The van der Waals surface area contributed by atoms with Crippen LogP contribution in [-0.4, -0.2) is 55.8 Å². The first-order valence-electron chi connectivity index (χ1n) is 10.0. The molecule has 160 valence electrons. The Morgan fingerprint density at radius 2 is 1.62 bits per heavy atom. The van der Waals surface area contributed by atoms with Crippen molar-refractivity contribution in [1.29, 1.82) is 0 Å². The first-order valence-corrected chi connectivity index (χ1v) is 11.5. The van der Waals surface area contributed by atoms with E-state index in [9.17, 15) is 8.42 Å². The summed E-state index contributed by atoms with van der Waals surface area (Å²) >= 11 is 0. The van der Waals surface area contributed by atoms with Gasteiger partial charge in [-0.3, -0.25) is 4.68 Å². The Hall–Kier alpha value is -2.06. The molecule has 29 heavy (non-hydrogen) atoms. The number of sulfonamides is 1. The van der Waals surface area contributed by atoms with Crippen molar-refractivity contribution in [2.45, 2.75) is 51.0 Å². The summed E-state index contributed by atoms with van der Waals surface area (Å²) < 4.78 is 35.5. The van der Waals surface area contributed by atoms with Crippen LogP contribution in [0.25, 0.3) is 0 Å². The van der Waals surface area contributed by atoms with Gasteiger partial charge in [-0.25, -0.2) is 8.42 Å². The van der Waals surface area contributed by atoms with Crippen LogP contribution in [0.3, 0.4) is 0 Å². The molecule has 0 unspecified atom stereocenters. The second kappa shape index (κ2) is 7.99. The highest BCUT2D eigenvalue weighted by Gasteiger charge is 2.35. The van der Waals surface area contributed by atoms with Crippen molar-refractivity contribution >= 4 is 15.7 Å². The third kappa shape index (κ3) is 4.43. The quantitative estimate of drug-likeness (QED) is 0.743. The molecule has 0 spiro atoms. The number of ether oxygens (including phenoxy) is 1. The van der Waals surface area contributed by atoms with Crippen LogP contribution in [0, 0.1) is 0 Å². The second-order valence-electron chi connectivity index (χ2n) is 8.75. The van der Waals surface area contributed by atoms with Crippen LogP contribution >= 0.6 is 0 Å². The van der Waals surface area contributed by atoms with E-state index in [0.717, 1.165) is 11.4 Å². The molecule has 0 amide bonds. The molecule has 7 nitrogen and oxygen atoms in total. The minimum Gasteiger partial charge on any atom is -0.497 e. The molecule has 1 aromatic heterocycles.